The first-order valence-electron chi connectivity index (χ1n) is 7.76. The summed E-state index contributed by atoms with van der Waals surface area (Å²) in [6, 6.07) is 11.1. The van der Waals surface area contributed by atoms with E-state index in [4.69, 9.17) is 9.47 Å². The van der Waals surface area contributed by atoms with E-state index in [1.807, 2.05) is 29.2 Å². The van der Waals surface area contributed by atoms with Crippen molar-refractivity contribution in [3.8, 4) is 11.5 Å². The zero-order valence-electron chi connectivity index (χ0n) is 13.1. The lowest BCUT2D eigenvalue weighted by molar-refractivity contribution is 0.0595. The Morgan fingerprint density at radius 1 is 1.04 bits per heavy atom. The number of ether oxygens (including phenoxy) is 2. The number of likely N-dealkylation sites (tertiary alicyclic amines) is 1. The molecule has 3 rings (SSSR count). The third kappa shape index (κ3) is 3.80. The van der Waals surface area contributed by atoms with Gasteiger partial charge in [0.2, 0.25) is 0 Å². The van der Waals surface area contributed by atoms with Crippen molar-refractivity contribution in [1.82, 2.24) is 9.88 Å². The number of carbonyl (C=O) groups is 1. The minimum atomic E-state index is 0.0651. The number of hydrogen-bond donors (Lipinski definition) is 0. The van der Waals surface area contributed by atoms with E-state index in [0.29, 0.717) is 18.7 Å². The third-order valence-electron chi connectivity index (χ3n) is 4.02. The van der Waals surface area contributed by atoms with E-state index in [2.05, 4.69) is 4.98 Å². The van der Waals surface area contributed by atoms with Crippen molar-refractivity contribution in [1.29, 1.82) is 0 Å². The highest BCUT2D eigenvalue weighted by atomic mass is 16.5. The van der Waals surface area contributed by atoms with Crippen LogP contribution in [0.4, 0.5) is 0 Å². The van der Waals surface area contributed by atoms with Crippen LogP contribution in [-0.2, 0) is 0 Å². The number of benzene rings is 1. The zero-order chi connectivity index (χ0) is 16.1. The third-order valence-corrected chi connectivity index (χ3v) is 4.02. The number of hydrogen-bond acceptors (Lipinski definition) is 4. The van der Waals surface area contributed by atoms with E-state index in [0.717, 1.165) is 24.3 Å². The summed E-state index contributed by atoms with van der Waals surface area (Å²) in [7, 11) is 1.64. The number of piperidine rings is 1. The Hall–Kier alpha value is -2.56. The molecule has 5 heteroatoms. The van der Waals surface area contributed by atoms with Gasteiger partial charge in [0.05, 0.1) is 7.11 Å². The van der Waals surface area contributed by atoms with Crippen molar-refractivity contribution in [2.75, 3.05) is 20.2 Å². The molecule has 2 heterocycles. The molecular formula is C18H20N2O3. The number of pyridine rings is 1. The molecular weight excluding hydrogens is 292 g/mol. The maximum absolute atomic E-state index is 12.4. The molecule has 2 aromatic rings. The second-order valence-electron chi connectivity index (χ2n) is 5.52. The number of methoxy groups -OCH3 is 1. The van der Waals surface area contributed by atoms with Crippen LogP contribution in [0, 0.1) is 0 Å². The van der Waals surface area contributed by atoms with Crippen LogP contribution in [0.25, 0.3) is 0 Å². The summed E-state index contributed by atoms with van der Waals surface area (Å²) in [5.74, 6) is 1.72. The average Bonchev–Trinajstić information content (AvgIpc) is 2.63. The normalized spacial score (nSPS) is 15.3. The molecule has 0 saturated carbocycles. The van der Waals surface area contributed by atoms with Crippen LogP contribution in [0.15, 0.2) is 48.8 Å². The number of amides is 1. The number of aromatic nitrogens is 1. The van der Waals surface area contributed by atoms with Gasteiger partial charge >= 0.3 is 0 Å². The van der Waals surface area contributed by atoms with Gasteiger partial charge in [0.25, 0.3) is 5.91 Å². The largest absolute Gasteiger partial charge is 0.497 e. The molecule has 0 aliphatic carbocycles. The molecule has 0 unspecified atom stereocenters. The van der Waals surface area contributed by atoms with Crippen molar-refractivity contribution >= 4 is 5.91 Å². The van der Waals surface area contributed by atoms with Gasteiger partial charge in [-0.05, 0) is 36.4 Å². The minimum absolute atomic E-state index is 0.0651. The average molecular weight is 312 g/mol. The van der Waals surface area contributed by atoms with Crippen molar-refractivity contribution < 1.29 is 14.3 Å². The predicted molar refractivity (Wildman–Crippen MR) is 86.8 cm³/mol. The first-order chi connectivity index (χ1) is 11.3. The van der Waals surface area contributed by atoms with Crippen LogP contribution in [0.2, 0.25) is 0 Å². The molecule has 0 atom stereocenters. The molecule has 23 heavy (non-hydrogen) atoms. The van der Waals surface area contributed by atoms with E-state index < -0.39 is 0 Å². The fourth-order valence-electron chi connectivity index (χ4n) is 2.70. The van der Waals surface area contributed by atoms with E-state index in [-0.39, 0.29) is 12.0 Å². The van der Waals surface area contributed by atoms with Crippen LogP contribution >= 0.6 is 0 Å². The maximum atomic E-state index is 12.4. The second-order valence-corrected chi connectivity index (χ2v) is 5.52. The van der Waals surface area contributed by atoms with E-state index in [9.17, 15) is 4.79 Å². The second kappa shape index (κ2) is 7.13. The lowest BCUT2D eigenvalue weighted by Crippen LogP contribution is -2.41. The molecule has 1 aromatic heterocycles. The molecule has 1 aromatic carbocycles. The monoisotopic (exact) mass is 312 g/mol. The minimum Gasteiger partial charge on any atom is -0.497 e. The van der Waals surface area contributed by atoms with Crippen LogP contribution in [0.1, 0.15) is 23.2 Å². The van der Waals surface area contributed by atoms with Crippen molar-refractivity contribution in [2.45, 2.75) is 18.9 Å². The van der Waals surface area contributed by atoms with Crippen LogP contribution in [0.3, 0.4) is 0 Å². The van der Waals surface area contributed by atoms with Crippen molar-refractivity contribution in [2.24, 2.45) is 0 Å². The number of rotatable bonds is 4. The van der Waals surface area contributed by atoms with Gasteiger partial charge in [0.15, 0.2) is 0 Å². The van der Waals surface area contributed by atoms with E-state index >= 15 is 0 Å². The lowest BCUT2D eigenvalue weighted by atomic mass is 10.1. The Morgan fingerprint density at radius 2 is 1.65 bits per heavy atom. The van der Waals surface area contributed by atoms with E-state index in [1.165, 1.54) is 0 Å². The summed E-state index contributed by atoms with van der Waals surface area (Å²) in [4.78, 5) is 18.2. The standard InChI is InChI=1S/C18H20N2O3/c1-22-15-2-4-16(5-3-15)23-17-8-12-20(13-9-17)18(21)14-6-10-19-11-7-14/h2-7,10-11,17H,8-9,12-13H2,1H3. The van der Waals surface area contributed by atoms with Gasteiger partial charge in [0, 0.05) is 43.9 Å². The van der Waals surface area contributed by atoms with Crippen molar-refractivity contribution in [3.05, 3.63) is 54.4 Å². The molecule has 1 aliphatic rings. The van der Waals surface area contributed by atoms with Crippen molar-refractivity contribution in [3.63, 3.8) is 0 Å². The molecule has 0 radical (unpaired) electrons. The Labute approximate surface area is 135 Å². The predicted octanol–water partition coefficient (Wildman–Crippen LogP) is 2.77. The molecule has 5 nitrogen and oxygen atoms in total. The highest BCUT2D eigenvalue weighted by molar-refractivity contribution is 5.94. The Kier molecular flexibility index (Phi) is 4.76. The molecule has 1 amide bonds. The Bertz CT molecular complexity index is 635. The first-order valence-corrected chi connectivity index (χ1v) is 7.76. The Balaban J connectivity index is 1.53. The zero-order valence-corrected chi connectivity index (χ0v) is 13.1. The van der Waals surface area contributed by atoms with Gasteiger partial charge in [-0.3, -0.25) is 9.78 Å². The van der Waals surface area contributed by atoms with E-state index in [1.54, 1.807) is 31.6 Å². The molecule has 1 fully saturated rings. The fraction of sp³-hybridized carbons (Fsp3) is 0.333. The summed E-state index contributed by atoms with van der Waals surface area (Å²) in [5.41, 5.74) is 0.689. The number of carbonyl (C=O) groups excluding carboxylic acids is 1. The van der Waals surface area contributed by atoms with Gasteiger partial charge in [0.1, 0.15) is 17.6 Å². The summed E-state index contributed by atoms with van der Waals surface area (Å²) in [6.07, 6.45) is 5.11. The first kappa shape index (κ1) is 15.3. The summed E-state index contributed by atoms with van der Waals surface area (Å²) >= 11 is 0. The highest BCUT2D eigenvalue weighted by Gasteiger charge is 2.24. The number of nitrogens with zero attached hydrogens (tertiary/aromatic N) is 2. The van der Waals surface area contributed by atoms with Gasteiger partial charge in [-0.2, -0.15) is 0 Å². The Morgan fingerprint density at radius 3 is 2.26 bits per heavy atom. The highest BCUT2D eigenvalue weighted by Crippen LogP contribution is 2.22. The smallest absolute Gasteiger partial charge is 0.253 e. The van der Waals surface area contributed by atoms with Gasteiger partial charge in [-0.25, -0.2) is 0 Å². The summed E-state index contributed by atoms with van der Waals surface area (Å²) in [6.45, 7) is 1.42. The molecule has 1 aliphatic heterocycles. The summed E-state index contributed by atoms with van der Waals surface area (Å²) in [5, 5.41) is 0. The van der Waals surface area contributed by atoms with Gasteiger partial charge < -0.3 is 14.4 Å². The van der Waals surface area contributed by atoms with Gasteiger partial charge in [-0.1, -0.05) is 0 Å². The fourth-order valence-corrected chi connectivity index (χ4v) is 2.70. The lowest BCUT2D eigenvalue weighted by Gasteiger charge is -2.32. The van der Waals surface area contributed by atoms with Crippen LogP contribution in [-0.4, -0.2) is 42.1 Å². The van der Waals surface area contributed by atoms with Crippen LogP contribution in [0.5, 0.6) is 11.5 Å². The summed E-state index contributed by atoms with van der Waals surface area (Å²) < 4.78 is 11.1. The molecule has 120 valence electrons. The molecule has 1 saturated heterocycles. The topological polar surface area (TPSA) is 51.7 Å². The van der Waals surface area contributed by atoms with Crippen LogP contribution < -0.4 is 9.47 Å². The quantitative estimate of drug-likeness (QED) is 0.871. The SMILES string of the molecule is COc1ccc(OC2CCN(C(=O)c3ccncc3)CC2)cc1. The maximum Gasteiger partial charge on any atom is 0.253 e. The molecule has 0 spiro atoms. The molecule has 0 N–H and O–H groups in total. The molecule has 0 bridgehead atoms. The van der Waals surface area contributed by atoms with Gasteiger partial charge in [-0.15, -0.1) is 0 Å².